The van der Waals surface area contributed by atoms with Crippen molar-refractivity contribution in [3.8, 4) is 0 Å². The number of benzene rings is 1. The Morgan fingerprint density at radius 3 is 1.37 bits per heavy atom. The molecule has 0 fully saturated rings. The number of aromatic nitrogens is 5. The maximum Gasteiger partial charge on any atom is 0.0701 e. The third kappa shape index (κ3) is 5.29. The molecule has 2 aliphatic rings. The van der Waals surface area contributed by atoms with Crippen LogP contribution in [0.1, 0.15) is 22.8 Å². The summed E-state index contributed by atoms with van der Waals surface area (Å²) >= 11 is 0. The Morgan fingerprint density at radius 2 is 0.914 bits per heavy atom. The molecule has 7 rings (SSSR count). The van der Waals surface area contributed by atoms with Crippen LogP contribution in [0.15, 0.2) is 91.1 Å². The van der Waals surface area contributed by atoms with Gasteiger partial charge in [-0.3, -0.25) is 4.98 Å². The summed E-state index contributed by atoms with van der Waals surface area (Å²) < 4.78 is 0. The van der Waals surface area contributed by atoms with Crippen LogP contribution in [-0.2, 0) is 16.5 Å². The number of hydrogen-bond acceptors (Lipinski definition) is 3. The van der Waals surface area contributed by atoms with E-state index in [1.54, 1.807) is 0 Å². The summed E-state index contributed by atoms with van der Waals surface area (Å²) in [5, 5.41) is 1.20. The molecule has 1 aromatic carbocycles. The molecule has 2 aliphatic heterocycles. The monoisotopic (exact) mass is 497 g/mol. The molecule has 0 radical (unpaired) electrons. The molecule has 6 heterocycles. The molecule has 0 saturated carbocycles. The Balaban J connectivity index is 0.000000194. The molecule has 172 valence electrons. The maximum absolute atomic E-state index is 4.63. The second-order valence-corrected chi connectivity index (χ2v) is 8.10. The molecule has 0 spiro atoms. The van der Waals surface area contributed by atoms with Crippen LogP contribution in [0.2, 0.25) is 0 Å². The Morgan fingerprint density at radius 1 is 0.486 bits per heavy atom. The second-order valence-electron chi connectivity index (χ2n) is 8.10. The van der Waals surface area contributed by atoms with Crippen molar-refractivity contribution in [2.75, 3.05) is 0 Å². The van der Waals surface area contributed by atoms with E-state index in [0.29, 0.717) is 0 Å². The van der Waals surface area contributed by atoms with E-state index in [2.05, 4.69) is 61.3 Å². The number of fused-ring (bicyclic) bond motifs is 9. The van der Waals surface area contributed by atoms with Gasteiger partial charge in [-0.15, -0.1) is 0 Å². The number of rotatable bonds is 0. The summed E-state index contributed by atoms with van der Waals surface area (Å²) in [7, 11) is 0. The number of nitrogens with zero attached hydrogens (tertiary/aromatic N) is 3. The number of aromatic amines is 2. The standard InChI is InChI=1S/C20H14N4.C9H7N.Ni/c1-2-14-10-16-5-6-18(23-16)12-20-8-7-19(24-20)11-17-4-3-15(22-17)9-13(1)21-14;1-2-6-9-8(4-1)5-3-7-10-9;/h1-12,21,24H;1-7H;. The van der Waals surface area contributed by atoms with Gasteiger partial charge in [0.05, 0.1) is 28.3 Å². The van der Waals surface area contributed by atoms with Gasteiger partial charge in [-0.1, -0.05) is 24.3 Å². The largest absolute Gasteiger partial charge is 0.355 e. The average Bonchev–Trinajstić information content (AvgIpc) is 3.66. The summed E-state index contributed by atoms with van der Waals surface area (Å²) in [6.07, 6.45) is 9.90. The maximum atomic E-state index is 4.63. The third-order valence-electron chi connectivity index (χ3n) is 5.55. The van der Waals surface area contributed by atoms with Crippen LogP contribution < -0.4 is 0 Å². The molecule has 0 saturated heterocycles. The molecule has 0 aliphatic carbocycles. The summed E-state index contributed by atoms with van der Waals surface area (Å²) in [4.78, 5) is 20.2. The van der Waals surface area contributed by atoms with E-state index in [1.165, 1.54) is 5.39 Å². The molecule has 0 atom stereocenters. The van der Waals surface area contributed by atoms with E-state index < -0.39 is 0 Å². The first-order chi connectivity index (χ1) is 16.8. The molecule has 0 amide bonds. The van der Waals surface area contributed by atoms with E-state index in [-0.39, 0.29) is 16.5 Å². The molecule has 5 aromatic rings. The molecule has 0 unspecified atom stereocenters. The fourth-order valence-electron chi connectivity index (χ4n) is 3.96. The number of H-pyrrole nitrogens is 2. The van der Waals surface area contributed by atoms with Gasteiger partial charge in [0.2, 0.25) is 0 Å². The van der Waals surface area contributed by atoms with Crippen molar-refractivity contribution in [3.63, 3.8) is 0 Å². The van der Waals surface area contributed by atoms with Crippen LogP contribution in [0, 0.1) is 0 Å². The van der Waals surface area contributed by atoms with Crippen molar-refractivity contribution in [2.24, 2.45) is 0 Å². The molecular formula is C29H21N5Ni. The molecule has 2 N–H and O–H groups in total. The minimum absolute atomic E-state index is 0. The molecule has 5 nitrogen and oxygen atoms in total. The van der Waals surface area contributed by atoms with E-state index >= 15 is 0 Å². The third-order valence-corrected chi connectivity index (χ3v) is 5.55. The van der Waals surface area contributed by atoms with Crippen molar-refractivity contribution in [1.82, 2.24) is 24.9 Å². The van der Waals surface area contributed by atoms with Gasteiger partial charge in [0.1, 0.15) is 0 Å². The van der Waals surface area contributed by atoms with E-state index in [4.69, 9.17) is 0 Å². The number of nitrogens with one attached hydrogen (secondary N) is 2. The van der Waals surface area contributed by atoms with Gasteiger partial charge in [0, 0.05) is 50.1 Å². The fourth-order valence-corrected chi connectivity index (χ4v) is 3.96. The second kappa shape index (κ2) is 9.92. The minimum atomic E-state index is 0. The van der Waals surface area contributed by atoms with Crippen molar-refractivity contribution in [3.05, 3.63) is 114 Å². The topological polar surface area (TPSA) is 70.2 Å². The van der Waals surface area contributed by atoms with Crippen LogP contribution in [0.4, 0.5) is 0 Å². The zero-order chi connectivity index (χ0) is 22.7. The Bertz CT molecular complexity index is 1490. The summed E-state index contributed by atoms with van der Waals surface area (Å²) in [6, 6.07) is 28.4. The smallest absolute Gasteiger partial charge is 0.0701 e. The zero-order valence-corrected chi connectivity index (χ0v) is 19.6. The number of para-hydroxylation sites is 1. The van der Waals surface area contributed by atoms with Crippen molar-refractivity contribution >= 4 is 57.3 Å². The van der Waals surface area contributed by atoms with E-state index in [1.807, 2.05) is 79.0 Å². The number of hydrogen-bond donors (Lipinski definition) is 2. The van der Waals surface area contributed by atoms with Crippen LogP contribution in [0.5, 0.6) is 0 Å². The van der Waals surface area contributed by atoms with Gasteiger partial charge >= 0.3 is 0 Å². The molecule has 4 aromatic heterocycles. The van der Waals surface area contributed by atoms with Crippen LogP contribution >= 0.6 is 0 Å². The Kier molecular flexibility index (Phi) is 6.38. The zero-order valence-electron chi connectivity index (χ0n) is 18.6. The molecule has 35 heavy (non-hydrogen) atoms. The summed E-state index contributed by atoms with van der Waals surface area (Å²) in [6.45, 7) is 0. The van der Waals surface area contributed by atoms with Gasteiger partial charge in [0.25, 0.3) is 0 Å². The summed E-state index contributed by atoms with van der Waals surface area (Å²) in [5.41, 5.74) is 8.92. The van der Waals surface area contributed by atoms with Gasteiger partial charge in [-0.2, -0.15) is 0 Å². The molecule has 6 heteroatoms. The van der Waals surface area contributed by atoms with Crippen molar-refractivity contribution in [2.45, 2.75) is 0 Å². The number of pyridine rings is 1. The first-order valence-corrected chi connectivity index (χ1v) is 11.1. The van der Waals surface area contributed by atoms with Gasteiger partial charge in [-0.25, -0.2) is 9.97 Å². The van der Waals surface area contributed by atoms with Gasteiger partial charge < -0.3 is 9.97 Å². The van der Waals surface area contributed by atoms with Gasteiger partial charge in [-0.05, 0) is 85.0 Å². The van der Waals surface area contributed by atoms with Crippen LogP contribution in [-0.4, -0.2) is 24.9 Å². The molecular weight excluding hydrogens is 477 g/mol. The van der Waals surface area contributed by atoms with Crippen LogP contribution in [0.3, 0.4) is 0 Å². The fraction of sp³-hybridized carbons (Fsp3) is 0. The van der Waals surface area contributed by atoms with Crippen molar-refractivity contribution in [1.29, 1.82) is 0 Å². The average molecular weight is 498 g/mol. The first-order valence-electron chi connectivity index (χ1n) is 11.1. The van der Waals surface area contributed by atoms with E-state index in [9.17, 15) is 0 Å². The van der Waals surface area contributed by atoms with Gasteiger partial charge in [0.15, 0.2) is 0 Å². The normalized spacial score (nSPS) is 11.5. The first kappa shape index (κ1) is 22.5. The van der Waals surface area contributed by atoms with Crippen molar-refractivity contribution < 1.29 is 16.5 Å². The Labute approximate surface area is 212 Å². The Hall–Kier alpha value is -4.28. The SMILES string of the molecule is C1=Cc2cc3ccc(cc4nc(cc5ccc(cc1n2)[nH]5)C=C4)[nH]3.[Ni].c1ccc2ncccc2c1. The predicted octanol–water partition coefficient (Wildman–Crippen LogP) is 6.89. The predicted molar refractivity (Wildman–Crippen MR) is 141 cm³/mol. The van der Waals surface area contributed by atoms with E-state index in [0.717, 1.165) is 50.4 Å². The quantitative estimate of drug-likeness (QED) is 0.224. The van der Waals surface area contributed by atoms with Crippen LogP contribution in [0.25, 0.3) is 57.3 Å². The summed E-state index contributed by atoms with van der Waals surface area (Å²) in [5.74, 6) is 0. The minimum Gasteiger partial charge on any atom is -0.355 e. The molecule has 8 bridgehead atoms.